The fourth-order valence-electron chi connectivity index (χ4n) is 2.38. The lowest BCUT2D eigenvalue weighted by Gasteiger charge is -2.07. The van der Waals surface area contributed by atoms with Gasteiger partial charge in [0.1, 0.15) is 0 Å². The van der Waals surface area contributed by atoms with Gasteiger partial charge in [-0.15, -0.1) is 0 Å². The molecule has 8 heteroatoms. The zero-order valence-electron chi connectivity index (χ0n) is 13.1. The number of benzene rings is 1. The van der Waals surface area contributed by atoms with Gasteiger partial charge in [0.05, 0.1) is 10.6 Å². The number of sulfonamides is 1. The highest BCUT2D eigenvalue weighted by Crippen LogP contribution is 2.15. The van der Waals surface area contributed by atoms with Crippen LogP contribution in [0.5, 0.6) is 0 Å². The Morgan fingerprint density at radius 2 is 2.12 bits per heavy atom. The molecule has 2 aromatic heterocycles. The standard InChI is InChI=1S/C16H17ClN4O2S/c1-12-8-16-18-10-13(11-21(16)20-12)4-3-7-19-24(22,23)15-6-2-5-14(17)9-15/h2,5-6,8-11,19H,3-4,7H2,1H3. The molecule has 126 valence electrons. The highest BCUT2D eigenvalue weighted by Gasteiger charge is 2.13. The average molecular weight is 365 g/mol. The average Bonchev–Trinajstić information content (AvgIpc) is 2.91. The van der Waals surface area contributed by atoms with Crippen molar-refractivity contribution in [2.24, 2.45) is 0 Å². The predicted octanol–water partition coefficient (Wildman–Crippen LogP) is 2.60. The SMILES string of the molecule is Cc1cc2ncc(CCCNS(=O)(=O)c3cccc(Cl)c3)cn2n1. The molecule has 6 nitrogen and oxygen atoms in total. The molecule has 3 rings (SSSR count). The second kappa shape index (κ2) is 6.88. The number of rotatable bonds is 6. The van der Waals surface area contributed by atoms with Crippen molar-refractivity contribution in [1.82, 2.24) is 19.3 Å². The number of nitrogens with one attached hydrogen (secondary N) is 1. The molecule has 0 saturated carbocycles. The van der Waals surface area contributed by atoms with E-state index >= 15 is 0 Å². The summed E-state index contributed by atoms with van der Waals surface area (Å²) in [6.07, 6.45) is 5.08. The Labute approximate surface area is 145 Å². The molecular formula is C16H17ClN4O2S. The van der Waals surface area contributed by atoms with Gasteiger partial charge in [-0.2, -0.15) is 5.10 Å². The van der Waals surface area contributed by atoms with Gasteiger partial charge in [-0.1, -0.05) is 17.7 Å². The van der Waals surface area contributed by atoms with Crippen molar-refractivity contribution >= 4 is 27.3 Å². The topological polar surface area (TPSA) is 76.4 Å². The van der Waals surface area contributed by atoms with E-state index in [9.17, 15) is 8.42 Å². The van der Waals surface area contributed by atoms with Gasteiger partial charge in [0.2, 0.25) is 10.0 Å². The van der Waals surface area contributed by atoms with E-state index in [1.165, 1.54) is 12.1 Å². The molecule has 2 heterocycles. The van der Waals surface area contributed by atoms with Gasteiger partial charge >= 0.3 is 0 Å². The normalized spacial score (nSPS) is 11.9. The van der Waals surface area contributed by atoms with E-state index in [-0.39, 0.29) is 4.90 Å². The Morgan fingerprint density at radius 3 is 2.92 bits per heavy atom. The van der Waals surface area contributed by atoms with Crippen LogP contribution in [0.4, 0.5) is 0 Å². The highest BCUT2D eigenvalue weighted by molar-refractivity contribution is 7.89. The minimum atomic E-state index is -3.54. The van der Waals surface area contributed by atoms with E-state index in [4.69, 9.17) is 11.6 Å². The lowest BCUT2D eigenvalue weighted by atomic mass is 10.2. The number of hydrogen-bond acceptors (Lipinski definition) is 4. The Morgan fingerprint density at radius 1 is 1.29 bits per heavy atom. The summed E-state index contributed by atoms with van der Waals surface area (Å²) in [4.78, 5) is 4.51. The molecule has 1 N–H and O–H groups in total. The Kier molecular flexibility index (Phi) is 4.84. The van der Waals surface area contributed by atoms with Crippen molar-refractivity contribution in [2.45, 2.75) is 24.7 Å². The van der Waals surface area contributed by atoms with Crippen molar-refractivity contribution in [3.8, 4) is 0 Å². The molecule has 0 unspecified atom stereocenters. The van der Waals surface area contributed by atoms with Crippen LogP contribution in [0.15, 0.2) is 47.6 Å². The molecule has 0 amide bonds. The molecule has 0 radical (unpaired) electrons. The maximum absolute atomic E-state index is 12.2. The lowest BCUT2D eigenvalue weighted by molar-refractivity contribution is 0.579. The van der Waals surface area contributed by atoms with E-state index in [2.05, 4.69) is 14.8 Å². The van der Waals surface area contributed by atoms with Gasteiger partial charge in [0.25, 0.3) is 0 Å². The molecule has 0 bridgehead atoms. The zero-order valence-corrected chi connectivity index (χ0v) is 14.7. The van der Waals surface area contributed by atoms with Crippen LogP contribution in [0.3, 0.4) is 0 Å². The van der Waals surface area contributed by atoms with Gasteiger partial charge in [-0.05, 0) is 43.5 Å². The number of nitrogens with zero attached hydrogens (tertiary/aromatic N) is 3. The maximum atomic E-state index is 12.2. The fraction of sp³-hybridized carbons (Fsp3) is 0.250. The van der Waals surface area contributed by atoms with Crippen molar-refractivity contribution in [3.05, 3.63) is 59.0 Å². The van der Waals surface area contributed by atoms with E-state index in [0.29, 0.717) is 24.4 Å². The van der Waals surface area contributed by atoms with Crippen molar-refractivity contribution in [3.63, 3.8) is 0 Å². The van der Waals surface area contributed by atoms with Crippen LogP contribution in [0.2, 0.25) is 5.02 Å². The number of halogens is 1. The monoisotopic (exact) mass is 364 g/mol. The van der Waals surface area contributed by atoms with Crippen molar-refractivity contribution in [2.75, 3.05) is 6.54 Å². The van der Waals surface area contributed by atoms with Gasteiger partial charge in [0, 0.05) is 30.0 Å². The summed E-state index contributed by atoms with van der Waals surface area (Å²) in [6.45, 7) is 2.25. The number of aryl methyl sites for hydroxylation is 2. The summed E-state index contributed by atoms with van der Waals surface area (Å²) in [7, 11) is -3.54. The molecule has 0 aliphatic rings. The van der Waals surface area contributed by atoms with E-state index in [0.717, 1.165) is 16.9 Å². The van der Waals surface area contributed by atoms with Crippen LogP contribution >= 0.6 is 11.6 Å². The molecule has 0 aliphatic carbocycles. The van der Waals surface area contributed by atoms with Crippen LogP contribution < -0.4 is 4.72 Å². The molecule has 3 aromatic rings. The predicted molar refractivity (Wildman–Crippen MR) is 92.7 cm³/mol. The first kappa shape index (κ1) is 16.9. The fourth-order valence-corrected chi connectivity index (χ4v) is 3.75. The molecule has 0 atom stereocenters. The molecule has 1 aromatic carbocycles. The third kappa shape index (κ3) is 3.92. The minimum absolute atomic E-state index is 0.171. The first-order valence-corrected chi connectivity index (χ1v) is 9.36. The van der Waals surface area contributed by atoms with Crippen molar-refractivity contribution in [1.29, 1.82) is 0 Å². The van der Waals surface area contributed by atoms with Gasteiger partial charge < -0.3 is 0 Å². The van der Waals surface area contributed by atoms with Gasteiger partial charge in [-0.3, -0.25) is 0 Å². The van der Waals surface area contributed by atoms with Gasteiger partial charge in [0.15, 0.2) is 5.65 Å². The molecule has 0 spiro atoms. The van der Waals surface area contributed by atoms with E-state index in [1.807, 2.05) is 19.2 Å². The smallest absolute Gasteiger partial charge is 0.237 e. The molecule has 0 aliphatic heterocycles. The highest BCUT2D eigenvalue weighted by atomic mass is 35.5. The summed E-state index contributed by atoms with van der Waals surface area (Å²) in [5.41, 5.74) is 2.72. The second-order valence-corrected chi connectivity index (χ2v) is 7.71. The quantitative estimate of drug-likeness (QED) is 0.682. The lowest BCUT2D eigenvalue weighted by Crippen LogP contribution is -2.25. The number of fused-ring (bicyclic) bond motifs is 1. The maximum Gasteiger partial charge on any atom is 0.240 e. The Balaban J connectivity index is 1.57. The Hall–Kier alpha value is -1.96. The van der Waals surface area contributed by atoms with Crippen molar-refractivity contribution < 1.29 is 8.42 Å². The van der Waals surface area contributed by atoms with Crippen LogP contribution in [-0.4, -0.2) is 29.6 Å². The van der Waals surface area contributed by atoms with Crippen LogP contribution in [0.1, 0.15) is 17.7 Å². The summed E-state index contributed by atoms with van der Waals surface area (Å²) in [6, 6.07) is 8.11. The molecule has 0 saturated heterocycles. The second-order valence-electron chi connectivity index (χ2n) is 5.51. The molecule has 24 heavy (non-hydrogen) atoms. The molecular weight excluding hydrogens is 348 g/mol. The molecule has 0 fully saturated rings. The summed E-state index contributed by atoms with van der Waals surface area (Å²) in [5, 5.41) is 4.71. The van der Waals surface area contributed by atoms with Crippen LogP contribution in [0.25, 0.3) is 5.65 Å². The van der Waals surface area contributed by atoms with Gasteiger partial charge in [-0.25, -0.2) is 22.6 Å². The third-order valence-electron chi connectivity index (χ3n) is 3.53. The number of hydrogen-bond donors (Lipinski definition) is 1. The summed E-state index contributed by atoms with van der Waals surface area (Å²) < 4.78 is 28.7. The first-order valence-electron chi connectivity index (χ1n) is 7.50. The Bertz CT molecular complexity index is 969. The van der Waals surface area contributed by atoms with Crippen LogP contribution in [-0.2, 0) is 16.4 Å². The number of aromatic nitrogens is 3. The van der Waals surface area contributed by atoms with E-state index in [1.54, 1.807) is 22.8 Å². The first-order chi connectivity index (χ1) is 11.4. The van der Waals surface area contributed by atoms with Crippen LogP contribution in [0, 0.1) is 6.92 Å². The zero-order chi connectivity index (χ0) is 17.2. The van der Waals surface area contributed by atoms with E-state index < -0.39 is 10.0 Å². The third-order valence-corrected chi connectivity index (χ3v) is 5.22. The minimum Gasteiger partial charge on any atom is -0.237 e. The summed E-state index contributed by atoms with van der Waals surface area (Å²) >= 11 is 5.83. The largest absolute Gasteiger partial charge is 0.240 e. The summed E-state index contributed by atoms with van der Waals surface area (Å²) in [5.74, 6) is 0.